The smallest absolute Gasteiger partial charge is 0.206 e. The fraction of sp³-hybridized carbons (Fsp3) is 0. The molecule has 0 heterocycles. The summed E-state index contributed by atoms with van der Waals surface area (Å²) in [5, 5.41) is 0. The van der Waals surface area contributed by atoms with Crippen molar-refractivity contribution in [3.63, 3.8) is 0 Å². The van der Waals surface area contributed by atoms with E-state index in [1.807, 2.05) is 0 Å². The van der Waals surface area contributed by atoms with Crippen LogP contribution in [-0.2, 0) is 20.9 Å². The van der Waals surface area contributed by atoms with Gasteiger partial charge in [0.2, 0.25) is 9.84 Å². The molecule has 5 nitrogen and oxygen atoms in total. The first kappa shape index (κ1) is 13.7. The lowest BCUT2D eigenvalue weighted by atomic mass is 10.3. The Bertz CT molecular complexity index is 727. The minimum Gasteiger partial charge on any atom is -0.398 e. The largest absolute Gasteiger partial charge is 0.398 e. The van der Waals surface area contributed by atoms with Crippen molar-refractivity contribution in [2.75, 3.05) is 5.73 Å². The third-order valence-electron chi connectivity index (χ3n) is 2.53. The molecule has 0 saturated carbocycles. The zero-order valence-corrected chi connectivity index (χ0v) is 11.3. The molecule has 1 atom stereocenters. The summed E-state index contributed by atoms with van der Waals surface area (Å²) in [7, 11) is -3.66. The van der Waals surface area contributed by atoms with E-state index in [-0.39, 0.29) is 20.4 Å². The fourth-order valence-electron chi connectivity index (χ4n) is 1.59. The summed E-state index contributed by atoms with van der Waals surface area (Å²) < 4.78 is 44.4. The van der Waals surface area contributed by atoms with Gasteiger partial charge < -0.3 is 10.3 Å². The van der Waals surface area contributed by atoms with Crippen molar-refractivity contribution in [2.45, 2.75) is 14.7 Å². The normalized spacial score (nSPS) is 13.1. The maximum Gasteiger partial charge on any atom is 0.206 e. The van der Waals surface area contributed by atoms with E-state index in [0.29, 0.717) is 0 Å². The van der Waals surface area contributed by atoms with E-state index in [9.17, 15) is 12.6 Å². The molecule has 0 saturated heterocycles. The van der Waals surface area contributed by atoms with Crippen LogP contribution < -0.4 is 5.73 Å². The van der Waals surface area contributed by atoms with Gasteiger partial charge in [0.1, 0.15) is 0 Å². The Hall–Kier alpha value is -1.70. The average Bonchev–Trinajstić information content (AvgIpc) is 2.39. The fourth-order valence-corrected chi connectivity index (χ4v) is 3.35. The van der Waals surface area contributed by atoms with Crippen LogP contribution in [0.1, 0.15) is 0 Å². The molecule has 100 valence electrons. The lowest BCUT2D eigenvalue weighted by molar-refractivity contribution is 0.564. The van der Waals surface area contributed by atoms with Crippen LogP contribution in [0.25, 0.3) is 0 Å². The Kier molecular flexibility index (Phi) is 3.70. The molecule has 0 aromatic heterocycles. The summed E-state index contributed by atoms with van der Waals surface area (Å²) in [5.41, 5.74) is 5.55. The van der Waals surface area contributed by atoms with Crippen LogP contribution in [0.2, 0.25) is 0 Å². The Morgan fingerprint density at radius 3 is 2.16 bits per heavy atom. The highest BCUT2D eigenvalue weighted by Crippen LogP contribution is 2.25. The number of sulfone groups is 1. The standard InChI is InChI=1S/C12H11NO4S2/c13-11-8-10(6-7-12(11)18(14)15)19(16,17)9-4-2-1-3-5-9/h1-8H,13H2,(H,14,15). The summed E-state index contributed by atoms with van der Waals surface area (Å²) in [6, 6.07) is 11.6. The van der Waals surface area contributed by atoms with Crippen LogP contribution in [0.3, 0.4) is 0 Å². The zero-order chi connectivity index (χ0) is 14.0. The van der Waals surface area contributed by atoms with Gasteiger partial charge >= 0.3 is 0 Å². The Morgan fingerprint density at radius 1 is 1.00 bits per heavy atom. The van der Waals surface area contributed by atoms with Gasteiger partial charge in [-0.25, -0.2) is 12.6 Å². The van der Waals surface area contributed by atoms with Crippen LogP contribution in [0.5, 0.6) is 0 Å². The van der Waals surface area contributed by atoms with Gasteiger partial charge in [-0.05, 0) is 30.3 Å². The molecule has 0 spiro atoms. The van der Waals surface area contributed by atoms with Gasteiger partial charge in [0.15, 0.2) is 11.1 Å². The number of nitrogens with two attached hydrogens (primary N) is 1. The molecule has 1 unspecified atom stereocenters. The molecule has 2 rings (SSSR count). The molecular weight excluding hydrogens is 286 g/mol. The molecule has 0 aliphatic carbocycles. The summed E-state index contributed by atoms with van der Waals surface area (Å²) in [5.74, 6) is 0. The second kappa shape index (κ2) is 5.12. The molecule has 7 heteroatoms. The first-order chi connectivity index (χ1) is 8.93. The van der Waals surface area contributed by atoms with E-state index in [1.165, 1.54) is 30.3 Å². The summed E-state index contributed by atoms with van der Waals surface area (Å²) in [4.78, 5) is 0.129. The second-order valence-electron chi connectivity index (χ2n) is 3.77. The Balaban J connectivity index is 2.54. The van der Waals surface area contributed by atoms with E-state index in [4.69, 9.17) is 10.3 Å². The van der Waals surface area contributed by atoms with Crippen LogP contribution >= 0.6 is 0 Å². The molecule has 0 amide bonds. The third-order valence-corrected chi connectivity index (χ3v) is 5.05. The number of rotatable bonds is 3. The number of benzene rings is 2. The van der Waals surface area contributed by atoms with Crippen LogP contribution in [0.15, 0.2) is 63.2 Å². The van der Waals surface area contributed by atoms with Gasteiger partial charge in [0.05, 0.1) is 20.4 Å². The first-order valence-electron chi connectivity index (χ1n) is 5.23. The molecule has 2 aromatic carbocycles. The molecule has 0 aliphatic heterocycles. The summed E-state index contributed by atoms with van der Waals surface area (Å²) >= 11 is -2.24. The average molecular weight is 297 g/mol. The van der Waals surface area contributed by atoms with Crippen molar-refractivity contribution < 1.29 is 17.2 Å². The van der Waals surface area contributed by atoms with Gasteiger partial charge in [0, 0.05) is 0 Å². The monoisotopic (exact) mass is 297 g/mol. The van der Waals surface area contributed by atoms with E-state index in [1.54, 1.807) is 18.2 Å². The van der Waals surface area contributed by atoms with E-state index in [2.05, 4.69) is 0 Å². The maximum absolute atomic E-state index is 12.3. The van der Waals surface area contributed by atoms with Crippen molar-refractivity contribution >= 4 is 26.6 Å². The van der Waals surface area contributed by atoms with Crippen LogP contribution in [0.4, 0.5) is 5.69 Å². The number of hydrogen-bond donors (Lipinski definition) is 2. The highest BCUT2D eigenvalue weighted by molar-refractivity contribution is 7.91. The van der Waals surface area contributed by atoms with Gasteiger partial charge in [-0.2, -0.15) is 0 Å². The van der Waals surface area contributed by atoms with Crippen molar-refractivity contribution in [2.24, 2.45) is 0 Å². The topological polar surface area (TPSA) is 97.5 Å². The first-order valence-corrected chi connectivity index (χ1v) is 7.82. The summed E-state index contributed by atoms with van der Waals surface area (Å²) in [6.07, 6.45) is 0. The van der Waals surface area contributed by atoms with Crippen molar-refractivity contribution in [1.29, 1.82) is 0 Å². The minimum atomic E-state index is -3.66. The number of anilines is 1. The van der Waals surface area contributed by atoms with Crippen molar-refractivity contribution in [1.82, 2.24) is 0 Å². The highest BCUT2D eigenvalue weighted by Gasteiger charge is 2.19. The minimum absolute atomic E-state index is 0.00740. The summed E-state index contributed by atoms with van der Waals surface area (Å²) in [6.45, 7) is 0. The van der Waals surface area contributed by atoms with E-state index >= 15 is 0 Å². The van der Waals surface area contributed by atoms with Crippen molar-refractivity contribution in [3.05, 3.63) is 48.5 Å². The van der Waals surface area contributed by atoms with Gasteiger partial charge in [-0.3, -0.25) is 0 Å². The molecule has 3 N–H and O–H groups in total. The molecule has 19 heavy (non-hydrogen) atoms. The molecule has 0 fully saturated rings. The molecule has 0 radical (unpaired) electrons. The Labute approximate surface area is 113 Å². The predicted molar refractivity (Wildman–Crippen MR) is 71.8 cm³/mol. The maximum atomic E-state index is 12.3. The van der Waals surface area contributed by atoms with Crippen LogP contribution in [0, 0.1) is 0 Å². The van der Waals surface area contributed by atoms with Gasteiger partial charge in [-0.15, -0.1) is 0 Å². The van der Waals surface area contributed by atoms with Gasteiger partial charge in [0.25, 0.3) is 0 Å². The SMILES string of the molecule is Nc1cc(S(=O)(=O)c2ccccc2)ccc1S(=O)O. The van der Waals surface area contributed by atoms with Crippen LogP contribution in [-0.4, -0.2) is 17.2 Å². The van der Waals surface area contributed by atoms with E-state index < -0.39 is 20.9 Å². The predicted octanol–water partition coefficient (Wildman–Crippen LogP) is 1.68. The lowest BCUT2D eigenvalue weighted by Gasteiger charge is -2.07. The quantitative estimate of drug-likeness (QED) is 0.663. The highest BCUT2D eigenvalue weighted by atomic mass is 32.2. The van der Waals surface area contributed by atoms with E-state index in [0.717, 1.165) is 0 Å². The van der Waals surface area contributed by atoms with Crippen molar-refractivity contribution in [3.8, 4) is 0 Å². The van der Waals surface area contributed by atoms with Gasteiger partial charge in [-0.1, -0.05) is 18.2 Å². The number of nitrogen functional groups attached to an aromatic ring is 1. The number of hydrogen-bond acceptors (Lipinski definition) is 4. The lowest BCUT2D eigenvalue weighted by Crippen LogP contribution is -2.04. The Morgan fingerprint density at radius 2 is 1.63 bits per heavy atom. The zero-order valence-electron chi connectivity index (χ0n) is 9.68. The molecular formula is C12H11NO4S2. The third kappa shape index (κ3) is 2.67. The molecule has 0 aliphatic rings. The molecule has 0 bridgehead atoms. The molecule has 2 aromatic rings. The second-order valence-corrected chi connectivity index (χ2v) is 6.65.